The van der Waals surface area contributed by atoms with Crippen LogP contribution in [0.2, 0.25) is 0 Å². The van der Waals surface area contributed by atoms with E-state index in [4.69, 9.17) is 0 Å². The summed E-state index contributed by atoms with van der Waals surface area (Å²) >= 11 is 0. The van der Waals surface area contributed by atoms with Gasteiger partial charge in [0.05, 0.1) is 0 Å². The lowest BCUT2D eigenvalue weighted by atomic mass is 10.3. The van der Waals surface area contributed by atoms with Gasteiger partial charge in [0.2, 0.25) is 17.8 Å². The van der Waals surface area contributed by atoms with Gasteiger partial charge < -0.3 is 15.5 Å². The van der Waals surface area contributed by atoms with E-state index in [1.54, 1.807) is 6.20 Å². The Morgan fingerprint density at radius 3 is 2.43 bits per heavy atom. The molecule has 0 unspecified atom stereocenters. The third-order valence-electron chi connectivity index (χ3n) is 2.95. The maximum Gasteiger partial charge on any atom is 0.231 e. The lowest BCUT2D eigenvalue weighted by molar-refractivity contribution is 0.710. The summed E-state index contributed by atoms with van der Waals surface area (Å²) in [6.45, 7) is 3.52. The van der Waals surface area contributed by atoms with E-state index < -0.39 is 0 Å². The number of aromatic nitrogens is 5. The molecule has 2 aromatic rings. The molecule has 0 atom stereocenters. The van der Waals surface area contributed by atoms with Crippen LogP contribution in [0.1, 0.15) is 12.6 Å². The Labute approximate surface area is 124 Å². The highest BCUT2D eigenvalue weighted by atomic mass is 15.3. The van der Waals surface area contributed by atoms with Gasteiger partial charge in [0.15, 0.2) is 0 Å². The Bertz CT molecular complexity index is 577. The molecule has 0 saturated heterocycles. The lowest BCUT2D eigenvalue weighted by Gasteiger charge is -2.13. The summed E-state index contributed by atoms with van der Waals surface area (Å²) in [6, 6.07) is 2.00. The summed E-state index contributed by atoms with van der Waals surface area (Å²) < 4.78 is 1.87. The summed E-state index contributed by atoms with van der Waals surface area (Å²) in [4.78, 5) is 14.9. The summed E-state index contributed by atoms with van der Waals surface area (Å²) in [6.07, 6.45) is 2.65. The molecule has 0 bridgehead atoms. The standard InChI is InChI=1S/C13H22N8/c1-5-14-11-17-12(19-13(18-11)20(2)3)15-8-6-10-7-9-16-21(10)4/h7,9H,5-6,8H2,1-4H3,(H2,14,15,17,18,19). The highest BCUT2D eigenvalue weighted by Crippen LogP contribution is 2.11. The predicted octanol–water partition coefficient (Wildman–Crippen LogP) is 0.757. The van der Waals surface area contributed by atoms with Gasteiger partial charge in [-0.15, -0.1) is 0 Å². The van der Waals surface area contributed by atoms with Crippen molar-refractivity contribution in [2.24, 2.45) is 7.05 Å². The van der Waals surface area contributed by atoms with Crippen LogP contribution in [-0.2, 0) is 13.5 Å². The van der Waals surface area contributed by atoms with Crippen LogP contribution in [0.25, 0.3) is 0 Å². The van der Waals surface area contributed by atoms with Crippen molar-refractivity contribution >= 4 is 17.8 Å². The fourth-order valence-corrected chi connectivity index (χ4v) is 1.83. The van der Waals surface area contributed by atoms with Crippen LogP contribution in [0.3, 0.4) is 0 Å². The zero-order valence-electron chi connectivity index (χ0n) is 13.0. The Hall–Kier alpha value is -2.38. The smallest absolute Gasteiger partial charge is 0.231 e. The van der Waals surface area contributed by atoms with Gasteiger partial charge in [-0.25, -0.2) is 0 Å². The van der Waals surface area contributed by atoms with Crippen molar-refractivity contribution < 1.29 is 0 Å². The summed E-state index contributed by atoms with van der Waals surface area (Å²) in [5.74, 6) is 1.79. The van der Waals surface area contributed by atoms with E-state index >= 15 is 0 Å². The van der Waals surface area contributed by atoms with E-state index in [-0.39, 0.29) is 0 Å². The molecule has 8 nitrogen and oxygen atoms in total. The quantitative estimate of drug-likeness (QED) is 0.778. The van der Waals surface area contributed by atoms with Crippen LogP contribution in [0.15, 0.2) is 12.3 Å². The molecule has 0 amide bonds. The van der Waals surface area contributed by atoms with Crippen LogP contribution < -0.4 is 15.5 Å². The molecule has 21 heavy (non-hydrogen) atoms. The van der Waals surface area contributed by atoms with Crippen molar-refractivity contribution in [1.29, 1.82) is 0 Å². The molecular weight excluding hydrogens is 268 g/mol. The minimum Gasteiger partial charge on any atom is -0.354 e. The second-order valence-electron chi connectivity index (χ2n) is 4.83. The lowest BCUT2D eigenvalue weighted by Crippen LogP contribution is -2.18. The molecule has 0 spiro atoms. The van der Waals surface area contributed by atoms with E-state index in [0.29, 0.717) is 17.8 Å². The first-order valence-electron chi connectivity index (χ1n) is 6.98. The number of nitrogens with one attached hydrogen (secondary N) is 2. The third kappa shape index (κ3) is 4.04. The Morgan fingerprint density at radius 1 is 1.14 bits per heavy atom. The average molecular weight is 290 g/mol. The topological polar surface area (TPSA) is 83.8 Å². The molecule has 114 valence electrons. The molecule has 0 aliphatic heterocycles. The number of rotatable bonds is 7. The molecule has 2 rings (SSSR count). The molecule has 2 N–H and O–H groups in total. The minimum atomic E-state index is 0.576. The summed E-state index contributed by atoms with van der Waals surface area (Å²) in [5, 5.41) is 10.5. The fourth-order valence-electron chi connectivity index (χ4n) is 1.83. The van der Waals surface area contributed by atoms with Crippen molar-refractivity contribution in [2.45, 2.75) is 13.3 Å². The maximum atomic E-state index is 4.39. The first kappa shape index (κ1) is 15.0. The Morgan fingerprint density at radius 2 is 1.86 bits per heavy atom. The monoisotopic (exact) mass is 290 g/mol. The molecule has 0 aliphatic carbocycles. The molecule has 0 aromatic carbocycles. The summed E-state index contributed by atoms with van der Waals surface area (Å²) in [7, 11) is 5.75. The predicted molar refractivity (Wildman–Crippen MR) is 83.7 cm³/mol. The van der Waals surface area contributed by atoms with Gasteiger partial charge in [-0.1, -0.05) is 0 Å². The van der Waals surface area contributed by atoms with Gasteiger partial charge in [0, 0.05) is 52.5 Å². The molecule has 0 aliphatic rings. The van der Waals surface area contributed by atoms with E-state index in [1.165, 1.54) is 0 Å². The number of aryl methyl sites for hydroxylation is 1. The third-order valence-corrected chi connectivity index (χ3v) is 2.95. The first-order chi connectivity index (χ1) is 10.1. The van der Waals surface area contributed by atoms with Gasteiger partial charge in [-0.2, -0.15) is 20.1 Å². The van der Waals surface area contributed by atoms with Crippen LogP contribution in [0.5, 0.6) is 0 Å². The highest BCUT2D eigenvalue weighted by Gasteiger charge is 2.07. The zero-order valence-corrected chi connectivity index (χ0v) is 13.0. The molecule has 0 radical (unpaired) electrons. The van der Waals surface area contributed by atoms with Gasteiger partial charge in [-0.3, -0.25) is 4.68 Å². The summed E-state index contributed by atoms with van der Waals surface area (Å²) in [5.41, 5.74) is 1.16. The molecule has 2 heterocycles. The zero-order chi connectivity index (χ0) is 15.2. The van der Waals surface area contributed by atoms with Crippen molar-refractivity contribution in [3.63, 3.8) is 0 Å². The Kier molecular flexibility index (Phi) is 4.91. The van der Waals surface area contributed by atoms with Crippen LogP contribution in [0, 0.1) is 0 Å². The number of anilines is 3. The van der Waals surface area contributed by atoms with E-state index in [2.05, 4.69) is 30.7 Å². The number of hydrogen-bond donors (Lipinski definition) is 2. The van der Waals surface area contributed by atoms with Crippen molar-refractivity contribution in [1.82, 2.24) is 24.7 Å². The Balaban J connectivity index is 2.02. The maximum absolute atomic E-state index is 4.39. The van der Waals surface area contributed by atoms with Crippen molar-refractivity contribution in [2.75, 3.05) is 42.7 Å². The van der Waals surface area contributed by atoms with Gasteiger partial charge in [0.1, 0.15) is 0 Å². The van der Waals surface area contributed by atoms with Crippen LogP contribution in [-0.4, -0.2) is 51.9 Å². The molecular formula is C13H22N8. The van der Waals surface area contributed by atoms with E-state index in [9.17, 15) is 0 Å². The average Bonchev–Trinajstić information content (AvgIpc) is 2.84. The fraction of sp³-hybridized carbons (Fsp3) is 0.538. The van der Waals surface area contributed by atoms with Crippen LogP contribution in [0.4, 0.5) is 17.8 Å². The van der Waals surface area contributed by atoms with Gasteiger partial charge in [-0.05, 0) is 13.0 Å². The van der Waals surface area contributed by atoms with Crippen molar-refractivity contribution in [3.05, 3.63) is 18.0 Å². The number of nitrogens with zero attached hydrogens (tertiary/aromatic N) is 6. The van der Waals surface area contributed by atoms with Gasteiger partial charge in [0.25, 0.3) is 0 Å². The van der Waals surface area contributed by atoms with Crippen molar-refractivity contribution in [3.8, 4) is 0 Å². The van der Waals surface area contributed by atoms with E-state index in [1.807, 2.05) is 43.7 Å². The molecule has 0 saturated carbocycles. The van der Waals surface area contributed by atoms with Gasteiger partial charge >= 0.3 is 0 Å². The SMILES string of the molecule is CCNc1nc(NCCc2ccnn2C)nc(N(C)C)n1. The first-order valence-corrected chi connectivity index (χ1v) is 6.98. The van der Waals surface area contributed by atoms with E-state index in [0.717, 1.165) is 25.2 Å². The normalized spacial score (nSPS) is 10.5. The van der Waals surface area contributed by atoms with Crippen LogP contribution >= 0.6 is 0 Å². The largest absolute Gasteiger partial charge is 0.354 e. The molecule has 2 aromatic heterocycles. The highest BCUT2D eigenvalue weighted by molar-refractivity contribution is 5.42. The second-order valence-corrected chi connectivity index (χ2v) is 4.83. The number of hydrogen-bond acceptors (Lipinski definition) is 7. The molecule has 0 fully saturated rings. The molecule has 8 heteroatoms. The minimum absolute atomic E-state index is 0.576. The second kappa shape index (κ2) is 6.87.